The van der Waals surface area contributed by atoms with Crippen LogP contribution < -0.4 is 9.16 Å². The summed E-state index contributed by atoms with van der Waals surface area (Å²) in [5.74, 6) is 2.24. The number of hydrogen-bond acceptors (Lipinski definition) is 3. The molecule has 0 aromatic heterocycles. The van der Waals surface area contributed by atoms with Gasteiger partial charge in [0.15, 0.2) is 0 Å². The maximum absolute atomic E-state index is 13.9. The Hall–Kier alpha value is -2.70. The van der Waals surface area contributed by atoms with Crippen LogP contribution in [0.2, 0.25) is 16.6 Å². The van der Waals surface area contributed by atoms with Crippen molar-refractivity contribution in [3.05, 3.63) is 94.8 Å². The Labute approximate surface area is 258 Å². The Kier molecular flexibility index (Phi) is 9.97. The zero-order chi connectivity index (χ0) is 30.7. The van der Waals surface area contributed by atoms with Gasteiger partial charge in [-0.2, -0.15) is 0 Å². The Morgan fingerprint density at radius 1 is 0.814 bits per heavy atom. The summed E-state index contributed by atoms with van der Waals surface area (Å²) in [5, 5.41) is 0. The van der Waals surface area contributed by atoms with Crippen molar-refractivity contribution in [2.24, 2.45) is 5.92 Å². The largest absolute Gasteiger partial charge is 0.543 e. The van der Waals surface area contributed by atoms with Crippen molar-refractivity contribution in [2.75, 3.05) is 32.9 Å². The predicted molar refractivity (Wildman–Crippen MR) is 175 cm³/mol. The summed E-state index contributed by atoms with van der Waals surface area (Å²) in [5.41, 5.74) is 6.62. The number of likely N-dealkylation sites (tertiary alicyclic amines) is 1. The number of benzene rings is 3. The van der Waals surface area contributed by atoms with Crippen LogP contribution in [-0.2, 0) is 6.42 Å². The summed E-state index contributed by atoms with van der Waals surface area (Å²) in [6, 6.07) is 22.3. The van der Waals surface area contributed by atoms with Crippen molar-refractivity contribution in [1.29, 1.82) is 0 Å². The molecule has 1 aliphatic carbocycles. The second-order valence-electron chi connectivity index (χ2n) is 13.7. The van der Waals surface area contributed by atoms with Gasteiger partial charge < -0.3 is 9.16 Å². The van der Waals surface area contributed by atoms with Gasteiger partial charge in [-0.05, 0) is 94.0 Å². The van der Waals surface area contributed by atoms with Gasteiger partial charge in [0.25, 0.3) is 8.32 Å². The van der Waals surface area contributed by atoms with Crippen LogP contribution in [0.1, 0.15) is 82.1 Å². The molecule has 3 nitrogen and oxygen atoms in total. The van der Waals surface area contributed by atoms with Gasteiger partial charge in [-0.1, -0.05) is 71.9 Å². The SMILES string of the molecule is CC(C)[Si](Oc1ccc2c(c1)CC[C@H](c1ccc(F)cc1)[C@@H]2c1ccc(OCCN2CC(CF)C2)cc1)(C(C)C)C(C)C. The number of aryl methyl sites for hydroxylation is 1. The normalized spacial score (nSPS) is 19.5. The third-order valence-corrected chi connectivity index (χ3v) is 16.0. The number of ether oxygens (including phenoxy) is 1. The monoisotopic (exact) mass is 605 g/mol. The first kappa shape index (κ1) is 31.7. The van der Waals surface area contributed by atoms with Gasteiger partial charge in [-0.3, -0.25) is 9.29 Å². The third-order valence-electron chi connectivity index (χ3n) is 10.0. The Morgan fingerprint density at radius 2 is 1.42 bits per heavy atom. The fourth-order valence-corrected chi connectivity index (χ4v) is 13.2. The van der Waals surface area contributed by atoms with E-state index in [-0.39, 0.29) is 30.2 Å². The summed E-state index contributed by atoms with van der Waals surface area (Å²) in [6.07, 6.45) is 1.95. The molecule has 0 radical (unpaired) electrons. The van der Waals surface area contributed by atoms with Crippen LogP contribution in [0.5, 0.6) is 11.5 Å². The van der Waals surface area contributed by atoms with E-state index in [1.54, 1.807) is 12.1 Å². The zero-order valence-electron chi connectivity index (χ0n) is 26.8. The van der Waals surface area contributed by atoms with Gasteiger partial charge in [-0.25, -0.2) is 4.39 Å². The Morgan fingerprint density at radius 3 is 2.02 bits per heavy atom. The number of alkyl halides is 1. The van der Waals surface area contributed by atoms with Crippen molar-refractivity contribution in [1.82, 2.24) is 4.90 Å². The predicted octanol–water partition coefficient (Wildman–Crippen LogP) is 9.52. The van der Waals surface area contributed by atoms with Crippen molar-refractivity contribution < 1.29 is 17.9 Å². The first-order valence-corrected chi connectivity index (χ1v) is 18.3. The summed E-state index contributed by atoms with van der Waals surface area (Å²) < 4.78 is 39.7. The molecule has 232 valence electrons. The van der Waals surface area contributed by atoms with Crippen LogP contribution in [-0.4, -0.2) is 46.1 Å². The maximum atomic E-state index is 13.9. The van der Waals surface area contributed by atoms with Crippen molar-refractivity contribution in [2.45, 2.75) is 82.8 Å². The molecule has 1 heterocycles. The Balaban J connectivity index is 1.41. The summed E-state index contributed by atoms with van der Waals surface area (Å²) in [7, 11) is -2.06. The number of halogens is 2. The molecular formula is C37H49F2NO2Si. The number of hydrogen-bond donors (Lipinski definition) is 0. The van der Waals surface area contributed by atoms with Crippen LogP contribution in [0.4, 0.5) is 8.78 Å². The maximum Gasteiger partial charge on any atom is 0.258 e. The molecule has 3 aromatic carbocycles. The van der Waals surface area contributed by atoms with Crippen LogP contribution in [0.15, 0.2) is 66.7 Å². The third kappa shape index (κ3) is 6.70. The molecule has 0 bridgehead atoms. The summed E-state index contributed by atoms with van der Waals surface area (Å²) >= 11 is 0. The van der Waals surface area contributed by atoms with E-state index in [0.29, 0.717) is 23.2 Å². The van der Waals surface area contributed by atoms with Crippen LogP contribution >= 0.6 is 0 Å². The second kappa shape index (κ2) is 13.5. The molecule has 43 heavy (non-hydrogen) atoms. The highest BCUT2D eigenvalue weighted by Gasteiger charge is 2.47. The van der Waals surface area contributed by atoms with E-state index in [0.717, 1.165) is 44.0 Å². The minimum absolute atomic E-state index is 0.151. The van der Waals surface area contributed by atoms with Crippen molar-refractivity contribution in [3.63, 3.8) is 0 Å². The lowest BCUT2D eigenvalue weighted by molar-refractivity contribution is 0.0668. The molecule has 3 aromatic rings. The van der Waals surface area contributed by atoms with Crippen molar-refractivity contribution in [3.8, 4) is 11.5 Å². The molecule has 5 rings (SSSR count). The fraction of sp³-hybridized carbons (Fsp3) is 0.514. The molecule has 0 N–H and O–H groups in total. The average molecular weight is 606 g/mol. The minimum Gasteiger partial charge on any atom is -0.543 e. The molecular weight excluding hydrogens is 556 g/mol. The fourth-order valence-electron chi connectivity index (χ4n) is 7.92. The molecule has 0 spiro atoms. The average Bonchev–Trinajstić information content (AvgIpc) is 2.96. The van der Waals surface area contributed by atoms with E-state index in [9.17, 15) is 8.78 Å². The highest BCUT2D eigenvalue weighted by molar-refractivity contribution is 6.78. The molecule has 0 saturated carbocycles. The van der Waals surface area contributed by atoms with Crippen LogP contribution in [0.25, 0.3) is 0 Å². The summed E-state index contributed by atoms with van der Waals surface area (Å²) in [6.45, 7) is 16.8. The number of rotatable bonds is 12. The smallest absolute Gasteiger partial charge is 0.258 e. The quantitative estimate of drug-likeness (QED) is 0.192. The van der Waals surface area contributed by atoms with E-state index < -0.39 is 8.32 Å². The lowest BCUT2D eigenvalue weighted by Gasteiger charge is -2.42. The standard InChI is InChI=1S/C37H49F2NO2Si/c1-25(2)43(26(3)4,27(5)6)42-34-16-18-36-31(21-34)11-17-35(29-7-12-32(39)13-8-29)37(36)30-9-14-33(15-10-30)41-20-19-40-23-28(22-38)24-40/h7-10,12-16,18,21,25-28,35,37H,11,17,19-20,22-24H2,1-6H3/t35-,37+/m1/s1. The van der Waals surface area contributed by atoms with Gasteiger partial charge in [-0.15, -0.1) is 0 Å². The van der Waals surface area contributed by atoms with Gasteiger partial charge in [0.05, 0.1) is 6.67 Å². The first-order chi connectivity index (χ1) is 20.6. The molecule has 0 unspecified atom stereocenters. The zero-order valence-corrected chi connectivity index (χ0v) is 27.8. The van der Waals surface area contributed by atoms with Gasteiger partial charge in [0.2, 0.25) is 0 Å². The number of nitrogens with zero attached hydrogens (tertiary/aromatic N) is 1. The van der Waals surface area contributed by atoms with E-state index >= 15 is 0 Å². The molecule has 1 saturated heterocycles. The van der Waals surface area contributed by atoms with Gasteiger partial charge >= 0.3 is 0 Å². The topological polar surface area (TPSA) is 21.7 Å². The second-order valence-corrected chi connectivity index (χ2v) is 19.0. The number of fused-ring (bicyclic) bond motifs is 1. The summed E-state index contributed by atoms with van der Waals surface area (Å²) in [4.78, 5) is 2.23. The highest BCUT2D eigenvalue weighted by atomic mass is 28.4. The van der Waals surface area contributed by atoms with Crippen LogP contribution in [0, 0.1) is 11.7 Å². The lowest BCUT2D eigenvalue weighted by Crippen LogP contribution is -2.50. The van der Waals surface area contributed by atoms with Gasteiger partial charge in [0.1, 0.15) is 23.9 Å². The van der Waals surface area contributed by atoms with E-state index in [4.69, 9.17) is 9.16 Å². The molecule has 6 heteroatoms. The lowest BCUT2D eigenvalue weighted by atomic mass is 9.69. The van der Waals surface area contributed by atoms with E-state index in [2.05, 4.69) is 88.9 Å². The first-order valence-electron chi connectivity index (χ1n) is 16.2. The Bertz CT molecular complexity index is 1310. The molecule has 2 aliphatic rings. The minimum atomic E-state index is -2.06. The molecule has 1 aliphatic heterocycles. The molecule has 0 amide bonds. The van der Waals surface area contributed by atoms with Crippen LogP contribution in [0.3, 0.4) is 0 Å². The van der Waals surface area contributed by atoms with E-state index in [1.165, 1.54) is 22.3 Å². The van der Waals surface area contributed by atoms with E-state index in [1.807, 2.05) is 12.1 Å². The van der Waals surface area contributed by atoms with Gasteiger partial charge in [0, 0.05) is 31.5 Å². The molecule has 1 fully saturated rings. The van der Waals surface area contributed by atoms with Crippen molar-refractivity contribution >= 4 is 8.32 Å². The highest BCUT2D eigenvalue weighted by Crippen LogP contribution is 2.48. The molecule has 2 atom stereocenters.